The predicted molar refractivity (Wildman–Crippen MR) is 135 cm³/mol. The van der Waals surface area contributed by atoms with Gasteiger partial charge in [0.1, 0.15) is 6.04 Å². The fourth-order valence-corrected chi connectivity index (χ4v) is 6.70. The normalized spacial score (nSPS) is 16.5. The number of hydrogen-bond acceptors (Lipinski definition) is 3. The Kier molecular flexibility index (Phi) is 7.19. The third kappa shape index (κ3) is 5.40. The van der Waals surface area contributed by atoms with Gasteiger partial charge in [-0.2, -0.15) is 4.72 Å². The van der Waals surface area contributed by atoms with Gasteiger partial charge in [-0.25, -0.2) is 8.42 Å². The predicted octanol–water partition coefficient (Wildman–Crippen LogP) is 4.70. The van der Waals surface area contributed by atoms with E-state index >= 15 is 0 Å². The first-order valence-electron chi connectivity index (χ1n) is 11.8. The number of amides is 1. The molecule has 1 amide bonds. The van der Waals surface area contributed by atoms with Gasteiger partial charge in [-0.1, -0.05) is 72.3 Å². The molecule has 0 saturated carbocycles. The van der Waals surface area contributed by atoms with E-state index < -0.39 is 16.1 Å². The van der Waals surface area contributed by atoms with Crippen LogP contribution in [0.2, 0.25) is 0 Å². The van der Waals surface area contributed by atoms with Gasteiger partial charge in [0.05, 0.1) is 10.9 Å². The highest BCUT2D eigenvalue weighted by Crippen LogP contribution is 2.30. The van der Waals surface area contributed by atoms with Gasteiger partial charge in [0, 0.05) is 0 Å². The van der Waals surface area contributed by atoms with Gasteiger partial charge in [-0.3, -0.25) is 4.79 Å². The highest BCUT2D eigenvalue weighted by molar-refractivity contribution is 7.89. The van der Waals surface area contributed by atoms with E-state index in [2.05, 4.69) is 22.2 Å². The number of carbonyl (C=O) groups excluding carboxylic acids is 1. The van der Waals surface area contributed by atoms with Crippen LogP contribution in [0.5, 0.6) is 0 Å². The molecule has 178 valence electrons. The Morgan fingerprint density at radius 3 is 2.32 bits per heavy atom. The first-order valence-corrected chi connectivity index (χ1v) is 13.2. The minimum Gasteiger partial charge on any atom is -0.348 e. The molecule has 0 heterocycles. The highest BCUT2D eigenvalue weighted by Gasteiger charge is 2.30. The molecule has 1 aliphatic carbocycles. The molecule has 4 rings (SSSR count). The second kappa shape index (κ2) is 10.1. The molecule has 3 aromatic rings. The monoisotopic (exact) mass is 476 g/mol. The van der Waals surface area contributed by atoms with Crippen LogP contribution in [0.3, 0.4) is 0 Å². The van der Waals surface area contributed by atoms with E-state index in [1.54, 1.807) is 13.8 Å². The number of benzene rings is 3. The van der Waals surface area contributed by atoms with Crippen LogP contribution in [0.25, 0.3) is 0 Å². The smallest absolute Gasteiger partial charge is 0.241 e. The lowest BCUT2D eigenvalue weighted by Gasteiger charge is -2.28. The number of sulfonamides is 1. The summed E-state index contributed by atoms with van der Waals surface area (Å²) in [6.45, 7) is 5.52. The van der Waals surface area contributed by atoms with Gasteiger partial charge in [0.2, 0.25) is 15.9 Å². The quantitative estimate of drug-likeness (QED) is 0.519. The van der Waals surface area contributed by atoms with E-state index in [1.807, 2.05) is 61.5 Å². The lowest BCUT2D eigenvalue weighted by molar-refractivity contribution is -0.123. The molecule has 34 heavy (non-hydrogen) atoms. The summed E-state index contributed by atoms with van der Waals surface area (Å²) >= 11 is 0. The van der Waals surface area contributed by atoms with Gasteiger partial charge in [0.15, 0.2) is 0 Å². The molecule has 0 fully saturated rings. The number of fused-ring (bicyclic) bond motifs is 1. The summed E-state index contributed by atoms with van der Waals surface area (Å²) in [5.41, 5.74) is 5.60. The summed E-state index contributed by atoms with van der Waals surface area (Å²) in [4.78, 5) is 13.8. The van der Waals surface area contributed by atoms with Crippen LogP contribution in [-0.4, -0.2) is 20.4 Å². The van der Waals surface area contributed by atoms with Crippen LogP contribution in [0.15, 0.2) is 71.6 Å². The minimum atomic E-state index is -3.91. The SMILES string of the molecule is Cc1cc(C)c(S(=O)(=O)N[C@@H](Cc2ccccc2)C(=O)N[C@H]2CCCc3ccccc32)c(C)c1. The van der Waals surface area contributed by atoms with Crippen LogP contribution in [0.1, 0.15) is 52.3 Å². The highest BCUT2D eigenvalue weighted by atomic mass is 32.2. The first kappa shape index (κ1) is 24.2. The standard InChI is InChI=1S/C28H32N2O3S/c1-19-16-20(2)27(21(3)17-19)34(32,33)30-26(18-22-10-5-4-6-11-22)28(31)29-25-15-9-13-23-12-7-8-14-24(23)25/h4-8,10-12,14,16-17,25-26,30H,9,13,15,18H2,1-3H3,(H,29,31)/t25-,26-/m0/s1. The van der Waals surface area contributed by atoms with Crippen molar-refractivity contribution in [3.63, 3.8) is 0 Å². The molecule has 0 saturated heterocycles. The van der Waals surface area contributed by atoms with Crippen LogP contribution >= 0.6 is 0 Å². The lowest BCUT2D eigenvalue weighted by atomic mass is 9.87. The number of nitrogens with one attached hydrogen (secondary N) is 2. The molecule has 2 N–H and O–H groups in total. The molecule has 1 aliphatic rings. The van der Waals surface area contributed by atoms with Crippen LogP contribution in [0.4, 0.5) is 0 Å². The average Bonchev–Trinajstić information content (AvgIpc) is 2.78. The van der Waals surface area contributed by atoms with E-state index in [4.69, 9.17) is 0 Å². The summed E-state index contributed by atoms with van der Waals surface area (Å²) in [5.74, 6) is -0.309. The average molecular weight is 477 g/mol. The van der Waals surface area contributed by atoms with Gasteiger partial charge < -0.3 is 5.32 Å². The largest absolute Gasteiger partial charge is 0.348 e. The summed E-state index contributed by atoms with van der Waals surface area (Å²) in [6.07, 6.45) is 3.08. The zero-order valence-corrected chi connectivity index (χ0v) is 20.8. The maximum absolute atomic E-state index is 13.5. The molecule has 0 bridgehead atoms. The van der Waals surface area contributed by atoms with Gasteiger partial charge >= 0.3 is 0 Å². The van der Waals surface area contributed by atoms with E-state index in [0.29, 0.717) is 11.1 Å². The number of rotatable bonds is 7. The van der Waals surface area contributed by atoms with Crippen molar-refractivity contribution in [2.24, 2.45) is 0 Å². The van der Waals surface area contributed by atoms with Crippen molar-refractivity contribution in [3.05, 3.63) is 100 Å². The topological polar surface area (TPSA) is 75.3 Å². The van der Waals surface area contributed by atoms with Crippen LogP contribution < -0.4 is 10.0 Å². The van der Waals surface area contributed by atoms with Crippen molar-refractivity contribution in [1.29, 1.82) is 0 Å². The summed E-state index contributed by atoms with van der Waals surface area (Å²) < 4.78 is 29.7. The molecule has 0 unspecified atom stereocenters. The van der Waals surface area contributed by atoms with E-state index in [9.17, 15) is 13.2 Å². The Morgan fingerprint density at radius 1 is 0.971 bits per heavy atom. The minimum absolute atomic E-state index is 0.122. The van der Waals surface area contributed by atoms with Gasteiger partial charge in [0.25, 0.3) is 0 Å². The number of hydrogen-bond donors (Lipinski definition) is 2. The molecule has 0 radical (unpaired) electrons. The molecule has 3 aromatic carbocycles. The molecule has 5 nitrogen and oxygen atoms in total. The third-order valence-electron chi connectivity index (χ3n) is 6.46. The zero-order valence-electron chi connectivity index (χ0n) is 20.0. The van der Waals surface area contributed by atoms with Crippen LogP contribution in [-0.2, 0) is 27.7 Å². The van der Waals surface area contributed by atoms with Crippen molar-refractivity contribution in [1.82, 2.24) is 10.0 Å². The fourth-order valence-electron chi connectivity index (χ4n) is 5.05. The Bertz CT molecular complexity index is 1260. The Hall–Kier alpha value is -2.96. The first-order chi connectivity index (χ1) is 16.2. The fraction of sp³-hybridized carbons (Fsp3) is 0.321. The van der Waals surface area contributed by atoms with E-state index in [-0.39, 0.29) is 23.3 Å². The Balaban J connectivity index is 1.63. The van der Waals surface area contributed by atoms with Crippen molar-refractivity contribution in [3.8, 4) is 0 Å². The molecule has 2 atom stereocenters. The number of carbonyl (C=O) groups is 1. The van der Waals surface area contributed by atoms with Gasteiger partial charge in [-0.05, 0) is 74.3 Å². The van der Waals surface area contributed by atoms with E-state index in [1.165, 1.54) is 5.56 Å². The molecule has 0 aromatic heterocycles. The lowest BCUT2D eigenvalue weighted by Crippen LogP contribution is -2.49. The van der Waals surface area contributed by atoms with Crippen molar-refractivity contribution in [2.45, 2.75) is 63.4 Å². The van der Waals surface area contributed by atoms with Crippen LogP contribution in [0, 0.1) is 20.8 Å². The molecular weight excluding hydrogens is 444 g/mol. The summed E-state index contributed by atoms with van der Waals surface area (Å²) in [5, 5.41) is 3.14. The zero-order chi connectivity index (χ0) is 24.3. The van der Waals surface area contributed by atoms with Crippen molar-refractivity contribution < 1.29 is 13.2 Å². The molecule has 6 heteroatoms. The maximum Gasteiger partial charge on any atom is 0.241 e. The van der Waals surface area contributed by atoms with E-state index in [0.717, 1.165) is 36.0 Å². The Morgan fingerprint density at radius 2 is 1.62 bits per heavy atom. The summed E-state index contributed by atoms with van der Waals surface area (Å²) in [6, 6.07) is 20.3. The Labute approximate surface area is 202 Å². The number of aryl methyl sites for hydroxylation is 4. The molecule has 0 aliphatic heterocycles. The summed E-state index contributed by atoms with van der Waals surface area (Å²) in [7, 11) is -3.91. The molecule has 0 spiro atoms. The van der Waals surface area contributed by atoms with Crippen molar-refractivity contribution in [2.75, 3.05) is 0 Å². The second-order valence-corrected chi connectivity index (χ2v) is 10.9. The second-order valence-electron chi connectivity index (χ2n) is 9.24. The maximum atomic E-state index is 13.5. The third-order valence-corrected chi connectivity index (χ3v) is 8.23. The molecular formula is C28H32N2O3S. The van der Waals surface area contributed by atoms with Crippen molar-refractivity contribution >= 4 is 15.9 Å². The van der Waals surface area contributed by atoms with Gasteiger partial charge in [-0.15, -0.1) is 0 Å².